The van der Waals surface area contributed by atoms with Gasteiger partial charge in [0.2, 0.25) is 6.79 Å². The van der Waals surface area contributed by atoms with Crippen LogP contribution in [0.25, 0.3) is 10.9 Å². The Kier molecular flexibility index (Phi) is 6.29. The molecule has 0 radical (unpaired) electrons. The Labute approximate surface area is 227 Å². The number of H-pyrrole nitrogens is 1. The van der Waals surface area contributed by atoms with Crippen LogP contribution in [0.2, 0.25) is 0 Å². The highest BCUT2D eigenvalue weighted by Gasteiger charge is 2.36. The van der Waals surface area contributed by atoms with Crippen molar-refractivity contribution in [3.05, 3.63) is 69.3 Å². The smallest absolute Gasteiger partial charge is 0.253 e. The van der Waals surface area contributed by atoms with Gasteiger partial charge >= 0.3 is 0 Å². The molecule has 2 aromatic carbocycles. The summed E-state index contributed by atoms with van der Waals surface area (Å²) in [6.45, 7) is 14.0. The monoisotopic (exact) mass is 529 g/mol. The van der Waals surface area contributed by atoms with Crippen LogP contribution in [0.5, 0.6) is 11.5 Å². The molecule has 1 N–H and O–H groups in total. The van der Waals surface area contributed by atoms with E-state index in [2.05, 4.69) is 83.1 Å². The molecule has 4 heterocycles. The van der Waals surface area contributed by atoms with Crippen molar-refractivity contribution in [2.24, 2.45) is 0 Å². The first-order valence-corrected chi connectivity index (χ1v) is 13.6. The predicted octanol–water partition coefficient (Wildman–Crippen LogP) is 3.92. The number of piperazine rings is 1. The number of pyridine rings is 1. The van der Waals surface area contributed by atoms with Gasteiger partial charge in [0.1, 0.15) is 6.04 Å². The largest absolute Gasteiger partial charge is 0.454 e. The molecule has 39 heavy (non-hydrogen) atoms. The summed E-state index contributed by atoms with van der Waals surface area (Å²) in [5.74, 6) is 1.99. The lowest BCUT2D eigenvalue weighted by Gasteiger charge is -2.40. The highest BCUT2D eigenvalue weighted by Crippen LogP contribution is 2.37. The minimum Gasteiger partial charge on any atom is -0.454 e. The van der Waals surface area contributed by atoms with Crippen LogP contribution in [0.4, 0.5) is 5.69 Å². The van der Waals surface area contributed by atoms with E-state index < -0.39 is 6.04 Å². The Morgan fingerprint density at radius 3 is 2.51 bits per heavy atom. The maximum Gasteiger partial charge on any atom is 0.253 e. The third kappa shape index (κ3) is 4.52. The molecule has 1 saturated heterocycles. The van der Waals surface area contributed by atoms with Gasteiger partial charge in [-0.15, -0.1) is 5.10 Å². The number of hydrogen-bond donors (Lipinski definition) is 1. The molecule has 0 bridgehead atoms. The van der Waals surface area contributed by atoms with Gasteiger partial charge in [-0.2, -0.15) is 0 Å². The van der Waals surface area contributed by atoms with E-state index in [-0.39, 0.29) is 17.9 Å². The zero-order valence-electron chi connectivity index (χ0n) is 23.2. The van der Waals surface area contributed by atoms with Crippen LogP contribution in [0.15, 0.2) is 41.2 Å². The molecule has 1 fully saturated rings. The molecule has 10 heteroatoms. The third-order valence-electron chi connectivity index (χ3n) is 8.22. The van der Waals surface area contributed by atoms with Gasteiger partial charge in [0, 0.05) is 48.9 Å². The van der Waals surface area contributed by atoms with E-state index in [1.807, 2.05) is 22.9 Å². The molecule has 0 aliphatic carbocycles. The molecule has 0 saturated carbocycles. The molecular weight excluding hydrogens is 494 g/mol. The number of nitrogens with one attached hydrogen (secondary N) is 1. The maximum absolute atomic E-state index is 13.7. The first kappa shape index (κ1) is 25.4. The Morgan fingerprint density at radius 1 is 1.03 bits per heavy atom. The second kappa shape index (κ2) is 9.68. The van der Waals surface area contributed by atoms with Crippen LogP contribution in [-0.4, -0.2) is 63.1 Å². The van der Waals surface area contributed by atoms with Crippen LogP contribution >= 0.6 is 0 Å². The molecule has 0 spiro atoms. The van der Waals surface area contributed by atoms with E-state index in [4.69, 9.17) is 9.47 Å². The second-order valence-electron chi connectivity index (χ2n) is 11.2. The zero-order chi connectivity index (χ0) is 27.3. The van der Waals surface area contributed by atoms with Crippen molar-refractivity contribution >= 4 is 16.6 Å². The summed E-state index contributed by atoms with van der Waals surface area (Å²) >= 11 is 0. The summed E-state index contributed by atoms with van der Waals surface area (Å²) in [6.07, 6.45) is 0.843. The summed E-state index contributed by atoms with van der Waals surface area (Å²) in [5, 5.41) is 13.9. The fraction of sp³-hybridized carbons (Fsp3) is 0.448. The fourth-order valence-electron chi connectivity index (χ4n) is 5.54. The van der Waals surface area contributed by atoms with Gasteiger partial charge in [-0.1, -0.05) is 19.1 Å². The van der Waals surface area contributed by atoms with E-state index >= 15 is 0 Å². The molecule has 10 nitrogen and oxygen atoms in total. The number of tetrazole rings is 1. The van der Waals surface area contributed by atoms with Gasteiger partial charge in [0.15, 0.2) is 17.3 Å². The van der Waals surface area contributed by atoms with E-state index in [9.17, 15) is 4.79 Å². The summed E-state index contributed by atoms with van der Waals surface area (Å²) in [7, 11) is 0. The number of ether oxygens (including phenoxy) is 2. The molecular formula is C29H35N7O3. The number of nitrogens with zero attached hydrogens (tertiary/aromatic N) is 6. The first-order valence-electron chi connectivity index (χ1n) is 13.6. The van der Waals surface area contributed by atoms with E-state index in [0.29, 0.717) is 28.4 Å². The Morgan fingerprint density at radius 2 is 1.77 bits per heavy atom. The van der Waals surface area contributed by atoms with Crippen LogP contribution in [0, 0.1) is 13.8 Å². The number of aryl methyl sites for hydroxylation is 2. The minimum atomic E-state index is -0.412. The number of aromatic nitrogens is 5. The summed E-state index contributed by atoms with van der Waals surface area (Å²) in [5.41, 5.74) is 4.64. The maximum atomic E-state index is 13.7. The molecule has 0 unspecified atom stereocenters. The van der Waals surface area contributed by atoms with E-state index in [0.717, 1.165) is 38.0 Å². The minimum absolute atomic E-state index is 0.160. The lowest BCUT2D eigenvalue weighted by Crippen LogP contribution is -2.49. The van der Waals surface area contributed by atoms with Crippen LogP contribution in [-0.2, 0) is 5.54 Å². The molecule has 204 valence electrons. The van der Waals surface area contributed by atoms with Gasteiger partial charge in [-0.05, 0) is 73.9 Å². The van der Waals surface area contributed by atoms with Gasteiger partial charge < -0.3 is 19.4 Å². The molecule has 2 aromatic heterocycles. The summed E-state index contributed by atoms with van der Waals surface area (Å²) in [4.78, 5) is 21.5. The Bertz CT molecular complexity index is 1580. The van der Waals surface area contributed by atoms with E-state index in [1.165, 1.54) is 16.8 Å². The first-order chi connectivity index (χ1) is 18.7. The van der Waals surface area contributed by atoms with Crippen LogP contribution in [0.3, 0.4) is 0 Å². The molecule has 1 atom stereocenters. The Balaban J connectivity index is 1.42. The number of rotatable bonds is 6. The average Bonchev–Trinajstić information content (AvgIpc) is 3.60. The number of anilines is 1. The average molecular weight is 530 g/mol. The van der Waals surface area contributed by atoms with Crippen molar-refractivity contribution in [1.29, 1.82) is 0 Å². The third-order valence-corrected chi connectivity index (χ3v) is 8.22. The van der Waals surface area contributed by atoms with Gasteiger partial charge in [0.25, 0.3) is 5.56 Å². The summed E-state index contributed by atoms with van der Waals surface area (Å²) < 4.78 is 13.0. The van der Waals surface area contributed by atoms with Crippen molar-refractivity contribution in [2.45, 2.75) is 52.6 Å². The van der Waals surface area contributed by atoms with Crippen LogP contribution < -0.4 is 19.9 Å². The SMILES string of the molecule is CCC(C)(C)n1nnnc1[C@@H](c1cc2cc3c(cc2[nH]c1=O)OCO3)N1CCN(c2cc(C)ccc2C)CC1. The highest BCUT2D eigenvalue weighted by molar-refractivity contribution is 5.83. The number of aromatic amines is 1. The molecule has 6 rings (SSSR count). The number of fused-ring (bicyclic) bond motifs is 2. The second-order valence-corrected chi connectivity index (χ2v) is 11.2. The van der Waals surface area contributed by atoms with Crippen molar-refractivity contribution in [1.82, 2.24) is 30.1 Å². The van der Waals surface area contributed by atoms with Crippen molar-refractivity contribution in [3.8, 4) is 11.5 Å². The van der Waals surface area contributed by atoms with E-state index in [1.54, 1.807) is 0 Å². The van der Waals surface area contributed by atoms with Crippen molar-refractivity contribution < 1.29 is 9.47 Å². The van der Waals surface area contributed by atoms with Crippen LogP contribution in [0.1, 0.15) is 55.7 Å². The topological polar surface area (TPSA) is 101 Å². The molecule has 0 amide bonds. The van der Waals surface area contributed by atoms with Crippen molar-refractivity contribution in [2.75, 3.05) is 37.9 Å². The highest BCUT2D eigenvalue weighted by atomic mass is 16.7. The number of hydrogen-bond acceptors (Lipinski definition) is 8. The van der Waals surface area contributed by atoms with Gasteiger partial charge in [0.05, 0.1) is 11.1 Å². The zero-order valence-corrected chi connectivity index (χ0v) is 23.2. The Hall–Kier alpha value is -3.92. The lowest BCUT2D eigenvalue weighted by molar-refractivity contribution is 0.174. The van der Waals surface area contributed by atoms with Crippen molar-refractivity contribution in [3.63, 3.8) is 0 Å². The number of benzene rings is 2. The predicted molar refractivity (Wildman–Crippen MR) is 150 cm³/mol. The van der Waals surface area contributed by atoms with Gasteiger partial charge in [-0.3, -0.25) is 9.69 Å². The molecule has 2 aliphatic rings. The van der Waals surface area contributed by atoms with Gasteiger partial charge in [-0.25, -0.2) is 4.68 Å². The standard InChI is InChI=1S/C29H35N7O3/c1-6-29(4,5)36-27(31-32-33-36)26(35-11-9-34(10-12-35)23-13-18(2)7-8-19(23)3)21-14-20-15-24-25(39-17-38-24)16-22(20)30-28(21)37/h7-8,13-16,26H,6,9-12,17H2,1-5H3,(H,30,37)/t26-/m1/s1. The fourth-order valence-corrected chi connectivity index (χ4v) is 5.54. The summed E-state index contributed by atoms with van der Waals surface area (Å²) in [6, 6.07) is 11.9. The molecule has 2 aliphatic heterocycles. The lowest BCUT2D eigenvalue weighted by atomic mass is 9.98. The normalized spacial score (nSPS) is 16.7. The quantitative estimate of drug-likeness (QED) is 0.401. The molecule has 4 aromatic rings.